The molecule has 8 nitrogen and oxygen atoms in total. The highest BCUT2D eigenvalue weighted by Gasteiger charge is 2.32. The molecule has 5 N–H and O–H groups in total. The molecule has 0 aliphatic carbocycles. The number of hydrogen-bond donors (Lipinski definition) is 5. The van der Waals surface area contributed by atoms with Gasteiger partial charge >= 0.3 is 0 Å². The third-order valence-corrected chi connectivity index (χ3v) is 4.49. The van der Waals surface area contributed by atoms with Crippen molar-refractivity contribution in [2.45, 2.75) is 40.3 Å². The molecular formula is C22H36N4O4. The minimum atomic E-state index is -0.886. The van der Waals surface area contributed by atoms with Crippen LogP contribution in [0.3, 0.4) is 0 Å². The molecule has 30 heavy (non-hydrogen) atoms. The second-order valence-corrected chi connectivity index (χ2v) is 7.84. The average molecular weight is 421 g/mol. The average Bonchev–Trinajstić information content (AvgIpc) is 2.67. The van der Waals surface area contributed by atoms with Gasteiger partial charge in [0.05, 0.1) is 0 Å². The number of aliphatic hydroxyl groups excluding tert-OH is 1. The van der Waals surface area contributed by atoms with Gasteiger partial charge in [0.15, 0.2) is 0 Å². The lowest BCUT2D eigenvalue weighted by Crippen LogP contribution is -2.53. The highest BCUT2D eigenvalue weighted by molar-refractivity contribution is 5.93. The summed E-state index contributed by atoms with van der Waals surface area (Å²) in [5.41, 5.74) is 0.843. The maximum Gasteiger partial charge on any atom is 0.246 e. The van der Waals surface area contributed by atoms with Crippen molar-refractivity contribution in [2.75, 3.05) is 26.2 Å². The van der Waals surface area contributed by atoms with Crippen LogP contribution < -0.4 is 21.3 Å². The van der Waals surface area contributed by atoms with E-state index in [1.807, 2.05) is 0 Å². The van der Waals surface area contributed by atoms with Crippen molar-refractivity contribution in [1.29, 1.82) is 0 Å². The van der Waals surface area contributed by atoms with Crippen molar-refractivity contribution >= 4 is 17.7 Å². The Bertz CT molecular complexity index is 638. The summed E-state index contributed by atoms with van der Waals surface area (Å²) in [5.74, 6) is -0.981. The van der Waals surface area contributed by atoms with Gasteiger partial charge in [-0.3, -0.25) is 19.7 Å². The van der Waals surface area contributed by atoms with Gasteiger partial charge in [-0.15, -0.1) is 0 Å². The van der Waals surface area contributed by atoms with Crippen LogP contribution in [0.4, 0.5) is 0 Å². The van der Waals surface area contributed by atoms with Crippen LogP contribution in [0.1, 0.15) is 34.1 Å². The largest absolute Gasteiger partial charge is 0.375 e. The molecular weight excluding hydrogens is 384 g/mol. The summed E-state index contributed by atoms with van der Waals surface area (Å²) >= 11 is 0. The molecule has 0 aliphatic rings. The van der Waals surface area contributed by atoms with E-state index in [0.717, 1.165) is 0 Å². The molecule has 0 rings (SSSR count). The van der Waals surface area contributed by atoms with Crippen molar-refractivity contribution < 1.29 is 19.5 Å². The highest BCUT2D eigenvalue weighted by atomic mass is 16.3. The van der Waals surface area contributed by atoms with E-state index in [1.165, 1.54) is 0 Å². The minimum absolute atomic E-state index is 0.163. The molecule has 168 valence electrons. The van der Waals surface area contributed by atoms with Gasteiger partial charge in [-0.1, -0.05) is 26.3 Å². The van der Waals surface area contributed by atoms with Gasteiger partial charge in [0.1, 0.15) is 6.23 Å². The first-order chi connectivity index (χ1) is 13.8. The van der Waals surface area contributed by atoms with Gasteiger partial charge < -0.3 is 21.1 Å². The maximum absolute atomic E-state index is 12.1. The zero-order valence-electron chi connectivity index (χ0n) is 18.6. The van der Waals surface area contributed by atoms with E-state index in [9.17, 15) is 19.5 Å². The summed E-state index contributed by atoms with van der Waals surface area (Å²) in [4.78, 5) is 36.2. The Morgan fingerprint density at radius 3 is 1.37 bits per heavy atom. The van der Waals surface area contributed by atoms with Crippen molar-refractivity contribution in [2.24, 2.45) is 5.41 Å². The first-order valence-corrected chi connectivity index (χ1v) is 9.69. The fourth-order valence-corrected chi connectivity index (χ4v) is 2.36. The standard InChI is InChI=1S/C22H36N4O4/c1-14(2)18(27)23-10-9-22(11-24-19(28)15(3)4,12-25-20(29)16(5)6)13-26-21(30)17(7)8/h18,23,27H,1,3,5,7,9-13H2,2,4,6,8H3,(H,24,28)(H,25,29)(H,26,30). The second-order valence-electron chi connectivity index (χ2n) is 7.84. The Morgan fingerprint density at radius 1 is 0.767 bits per heavy atom. The molecule has 8 heteroatoms. The van der Waals surface area contributed by atoms with Crippen LogP contribution >= 0.6 is 0 Å². The molecule has 1 unspecified atom stereocenters. The van der Waals surface area contributed by atoms with E-state index < -0.39 is 11.6 Å². The number of aliphatic hydroxyl groups is 1. The van der Waals surface area contributed by atoms with Crippen LogP contribution in [-0.4, -0.2) is 55.2 Å². The normalized spacial score (nSPS) is 11.8. The van der Waals surface area contributed by atoms with Crippen molar-refractivity contribution in [3.05, 3.63) is 48.6 Å². The van der Waals surface area contributed by atoms with E-state index in [-0.39, 0.29) is 37.4 Å². The fourth-order valence-electron chi connectivity index (χ4n) is 2.36. The first-order valence-electron chi connectivity index (χ1n) is 9.69. The predicted octanol–water partition coefficient (Wildman–Crippen LogP) is 0.924. The summed E-state index contributed by atoms with van der Waals surface area (Å²) < 4.78 is 0. The third-order valence-electron chi connectivity index (χ3n) is 4.49. The van der Waals surface area contributed by atoms with Gasteiger partial charge in [0, 0.05) is 41.8 Å². The van der Waals surface area contributed by atoms with E-state index in [0.29, 0.717) is 35.3 Å². The molecule has 0 saturated heterocycles. The molecule has 0 saturated carbocycles. The monoisotopic (exact) mass is 420 g/mol. The molecule has 0 radical (unpaired) electrons. The molecule has 0 fully saturated rings. The van der Waals surface area contributed by atoms with Crippen LogP contribution in [0.15, 0.2) is 48.6 Å². The van der Waals surface area contributed by atoms with Crippen LogP contribution in [0.5, 0.6) is 0 Å². The van der Waals surface area contributed by atoms with Gasteiger partial charge in [-0.25, -0.2) is 0 Å². The number of carbonyl (C=O) groups is 3. The molecule has 0 bridgehead atoms. The Morgan fingerprint density at radius 2 is 1.10 bits per heavy atom. The lowest BCUT2D eigenvalue weighted by atomic mass is 9.83. The summed E-state index contributed by atoms with van der Waals surface area (Å²) in [5, 5.41) is 21.3. The van der Waals surface area contributed by atoms with Gasteiger partial charge in [-0.2, -0.15) is 0 Å². The number of nitrogens with one attached hydrogen (secondary N) is 4. The lowest BCUT2D eigenvalue weighted by Gasteiger charge is -2.35. The molecule has 0 spiro atoms. The van der Waals surface area contributed by atoms with E-state index in [4.69, 9.17) is 0 Å². The second kappa shape index (κ2) is 12.8. The zero-order chi connectivity index (χ0) is 23.5. The van der Waals surface area contributed by atoms with Gasteiger partial charge in [-0.05, 0) is 46.2 Å². The zero-order valence-corrected chi connectivity index (χ0v) is 18.6. The summed E-state index contributed by atoms with van der Waals surface area (Å²) in [6.45, 7) is 21.9. The number of amides is 3. The molecule has 1 atom stereocenters. The van der Waals surface area contributed by atoms with Crippen molar-refractivity contribution in [3.8, 4) is 0 Å². The topological polar surface area (TPSA) is 120 Å². The Kier molecular flexibility index (Phi) is 11.6. The number of carbonyl (C=O) groups excluding carboxylic acids is 3. The number of hydrogen-bond acceptors (Lipinski definition) is 5. The first kappa shape index (κ1) is 27.3. The Hall–Kier alpha value is -2.71. The SMILES string of the molecule is C=C(C)C(=O)NCC(CCNC(O)C(=C)C)(CNC(=O)C(=C)C)CNC(=O)C(=C)C. The van der Waals surface area contributed by atoms with Crippen LogP contribution in [0, 0.1) is 5.41 Å². The van der Waals surface area contributed by atoms with E-state index >= 15 is 0 Å². The number of rotatable bonds is 14. The predicted molar refractivity (Wildman–Crippen MR) is 119 cm³/mol. The molecule has 3 amide bonds. The van der Waals surface area contributed by atoms with Gasteiger partial charge in [0.25, 0.3) is 0 Å². The molecule has 0 aromatic carbocycles. The van der Waals surface area contributed by atoms with Crippen LogP contribution in [-0.2, 0) is 14.4 Å². The van der Waals surface area contributed by atoms with E-state index in [1.54, 1.807) is 27.7 Å². The van der Waals surface area contributed by atoms with Crippen molar-refractivity contribution in [1.82, 2.24) is 21.3 Å². The molecule has 0 heterocycles. The summed E-state index contributed by atoms with van der Waals surface area (Å²) in [6, 6.07) is 0. The lowest BCUT2D eigenvalue weighted by molar-refractivity contribution is -0.118. The van der Waals surface area contributed by atoms with E-state index in [2.05, 4.69) is 47.6 Å². The Labute approximate surface area is 179 Å². The maximum atomic E-state index is 12.1. The third kappa shape index (κ3) is 10.2. The van der Waals surface area contributed by atoms with Crippen LogP contribution in [0.25, 0.3) is 0 Å². The van der Waals surface area contributed by atoms with Crippen LogP contribution in [0.2, 0.25) is 0 Å². The summed E-state index contributed by atoms with van der Waals surface area (Å²) in [6.07, 6.45) is -0.469. The quantitative estimate of drug-likeness (QED) is 0.163. The van der Waals surface area contributed by atoms with Crippen molar-refractivity contribution in [3.63, 3.8) is 0 Å². The Balaban J connectivity index is 5.59. The van der Waals surface area contributed by atoms with Gasteiger partial charge in [0.2, 0.25) is 17.7 Å². The molecule has 0 aromatic heterocycles. The minimum Gasteiger partial charge on any atom is -0.375 e. The fraction of sp³-hybridized carbons (Fsp3) is 0.500. The molecule has 0 aliphatic heterocycles. The highest BCUT2D eigenvalue weighted by Crippen LogP contribution is 2.20. The summed E-state index contributed by atoms with van der Waals surface area (Å²) in [7, 11) is 0. The molecule has 0 aromatic rings. The smallest absolute Gasteiger partial charge is 0.246 e.